The van der Waals surface area contributed by atoms with E-state index in [1.807, 2.05) is 18.2 Å². The Kier molecular flexibility index (Phi) is 3.25. The lowest BCUT2D eigenvalue weighted by atomic mass is 9.87. The second kappa shape index (κ2) is 4.72. The Bertz CT molecular complexity index is 529. The summed E-state index contributed by atoms with van der Waals surface area (Å²) < 4.78 is 0. The highest BCUT2D eigenvalue weighted by Gasteiger charge is 2.49. The molecule has 0 bridgehead atoms. The van der Waals surface area contributed by atoms with Gasteiger partial charge in [-0.05, 0) is 12.5 Å². The minimum atomic E-state index is -1.20. The van der Waals surface area contributed by atoms with Gasteiger partial charge >= 0.3 is 6.03 Å². The summed E-state index contributed by atoms with van der Waals surface area (Å²) in [5.74, 6) is -0.732. The quantitative estimate of drug-likeness (QED) is 0.691. The van der Waals surface area contributed by atoms with Crippen LogP contribution in [0.4, 0.5) is 4.79 Å². The zero-order valence-electron chi connectivity index (χ0n) is 10.7. The van der Waals surface area contributed by atoms with Crippen LogP contribution in [0.1, 0.15) is 25.5 Å². The van der Waals surface area contributed by atoms with E-state index in [2.05, 4.69) is 16.0 Å². The molecule has 0 saturated carbocycles. The predicted molar refractivity (Wildman–Crippen MR) is 68.1 cm³/mol. The summed E-state index contributed by atoms with van der Waals surface area (Å²) in [6, 6.07) is 7.86. The van der Waals surface area contributed by atoms with Crippen molar-refractivity contribution in [3.8, 4) is 0 Å². The van der Waals surface area contributed by atoms with Crippen LogP contribution in [0.5, 0.6) is 0 Å². The Labute approximate surface area is 110 Å². The van der Waals surface area contributed by atoms with Crippen LogP contribution in [-0.2, 0) is 9.59 Å². The van der Waals surface area contributed by atoms with Crippen molar-refractivity contribution in [3.63, 3.8) is 0 Å². The molecule has 6 heteroatoms. The summed E-state index contributed by atoms with van der Waals surface area (Å²) >= 11 is 0. The average Bonchev–Trinajstić information content (AvgIpc) is 2.61. The zero-order valence-corrected chi connectivity index (χ0v) is 10.7. The molecule has 2 atom stereocenters. The SMILES string of the molecule is CC(=O)N[C@@H](c1ccccc1)C1(C)NC(=O)NC1=O. The lowest BCUT2D eigenvalue weighted by Crippen LogP contribution is -2.54. The molecule has 3 N–H and O–H groups in total. The van der Waals surface area contributed by atoms with Gasteiger partial charge in [-0.25, -0.2) is 4.79 Å². The van der Waals surface area contributed by atoms with Gasteiger partial charge in [0.1, 0.15) is 5.54 Å². The molecule has 0 radical (unpaired) electrons. The van der Waals surface area contributed by atoms with Gasteiger partial charge in [0.25, 0.3) is 5.91 Å². The smallest absolute Gasteiger partial charge is 0.322 e. The molecule has 100 valence electrons. The van der Waals surface area contributed by atoms with Crippen molar-refractivity contribution in [2.24, 2.45) is 0 Å². The highest BCUT2D eigenvalue weighted by atomic mass is 16.2. The van der Waals surface area contributed by atoms with E-state index in [0.717, 1.165) is 5.56 Å². The summed E-state index contributed by atoms with van der Waals surface area (Å²) in [4.78, 5) is 34.7. The van der Waals surface area contributed by atoms with Gasteiger partial charge in [-0.3, -0.25) is 14.9 Å². The zero-order chi connectivity index (χ0) is 14.0. The number of urea groups is 1. The monoisotopic (exact) mass is 261 g/mol. The average molecular weight is 261 g/mol. The van der Waals surface area contributed by atoms with Crippen molar-refractivity contribution in [2.75, 3.05) is 0 Å². The fourth-order valence-corrected chi connectivity index (χ4v) is 2.17. The van der Waals surface area contributed by atoms with E-state index in [0.29, 0.717) is 0 Å². The Balaban J connectivity index is 2.41. The van der Waals surface area contributed by atoms with Crippen LogP contribution < -0.4 is 16.0 Å². The minimum Gasteiger partial charge on any atom is -0.347 e. The molecule has 2 rings (SSSR count). The van der Waals surface area contributed by atoms with E-state index in [1.165, 1.54) is 6.92 Å². The lowest BCUT2D eigenvalue weighted by Gasteiger charge is -2.32. The first kappa shape index (κ1) is 13.1. The normalized spacial score (nSPS) is 23.5. The Morgan fingerprint density at radius 3 is 2.37 bits per heavy atom. The first-order valence-corrected chi connectivity index (χ1v) is 5.89. The maximum Gasteiger partial charge on any atom is 0.322 e. The van der Waals surface area contributed by atoms with Gasteiger partial charge in [0.05, 0.1) is 6.04 Å². The van der Waals surface area contributed by atoms with Gasteiger partial charge < -0.3 is 10.6 Å². The molecule has 1 aliphatic heterocycles. The minimum absolute atomic E-state index is 0.274. The highest BCUT2D eigenvalue weighted by Crippen LogP contribution is 2.28. The van der Waals surface area contributed by atoms with E-state index in [1.54, 1.807) is 19.1 Å². The molecule has 19 heavy (non-hydrogen) atoms. The number of amides is 4. The fourth-order valence-electron chi connectivity index (χ4n) is 2.17. The Morgan fingerprint density at radius 2 is 1.89 bits per heavy atom. The van der Waals surface area contributed by atoms with E-state index in [-0.39, 0.29) is 5.91 Å². The van der Waals surface area contributed by atoms with Gasteiger partial charge in [0.2, 0.25) is 5.91 Å². The molecule has 1 unspecified atom stereocenters. The fraction of sp³-hybridized carbons (Fsp3) is 0.308. The Morgan fingerprint density at radius 1 is 1.26 bits per heavy atom. The first-order valence-electron chi connectivity index (χ1n) is 5.89. The standard InChI is InChI=1S/C13H15N3O3/c1-8(17)14-10(9-6-4-3-5-7-9)13(2)11(18)15-12(19)16-13/h3-7,10H,1-2H3,(H,14,17)(H2,15,16,18,19)/t10-,13?/m0/s1. The molecule has 1 fully saturated rings. The summed E-state index contributed by atoms with van der Waals surface area (Å²) in [7, 11) is 0. The van der Waals surface area contributed by atoms with E-state index >= 15 is 0 Å². The summed E-state index contributed by atoms with van der Waals surface area (Å²) in [6.07, 6.45) is 0. The topological polar surface area (TPSA) is 87.3 Å². The number of imide groups is 1. The van der Waals surface area contributed by atoms with Crippen molar-refractivity contribution in [3.05, 3.63) is 35.9 Å². The largest absolute Gasteiger partial charge is 0.347 e. The van der Waals surface area contributed by atoms with Crippen LogP contribution in [0, 0.1) is 0 Å². The van der Waals surface area contributed by atoms with Crippen molar-refractivity contribution < 1.29 is 14.4 Å². The van der Waals surface area contributed by atoms with Gasteiger partial charge in [-0.15, -0.1) is 0 Å². The Hall–Kier alpha value is -2.37. The number of rotatable bonds is 3. The number of nitrogens with one attached hydrogen (secondary N) is 3. The van der Waals surface area contributed by atoms with Gasteiger partial charge in [0.15, 0.2) is 0 Å². The number of hydrogen-bond donors (Lipinski definition) is 3. The maximum atomic E-state index is 12.0. The maximum absolute atomic E-state index is 12.0. The number of carbonyl (C=O) groups is 3. The molecule has 1 aromatic carbocycles. The number of carbonyl (C=O) groups excluding carboxylic acids is 3. The number of hydrogen-bond acceptors (Lipinski definition) is 3. The molecule has 1 heterocycles. The van der Waals surface area contributed by atoms with Crippen molar-refractivity contribution in [2.45, 2.75) is 25.4 Å². The van der Waals surface area contributed by atoms with Crippen LogP contribution in [0.15, 0.2) is 30.3 Å². The third kappa shape index (κ3) is 2.42. The molecule has 6 nitrogen and oxygen atoms in total. The first-order chi connectivity index (χ1) is 8.93. The molecule has 0 aliphatic carbocycles. The van der Waals surface area contributed by atoms with Gasteiger partial charge in [-0.1, -0.05) is 30.3 Å². The third-order valence-electron chi connectivity index (χ3n) is 3.13. The summed E-state index contributed by atoms with van der Waals surface area (Å²) in [5, 5.41) is 7.48. The number of benzene rings is 1. The molecule has 0 aromatic heterocycles. The molecule has 1 saturated heterocycles. The second-order valence-electron chi connectivity index (χ2n) is 4.65. The van der Waals surface area contributed by atoms with Crippen LogP contribution >= 0.6 is 0 Å². The highest BCUT2D eigenvalue weighted by molar-refractivity contribution is 6.07. The van der Waals surface area contributed by atoms with Crippen LogP contribution in [0.3, 0.4) is 0 Å². The molecular formula is C13H15N3O3. The molecule has 1 aromatic rings. The van der Waals surface area contributed by atoms with Gasteiger partial charge in [0, 0.05) is 6.92 Å². The molecular weight excluding hydrogens is 246 g/mol. The third-order valence-corrected chi connectivity index (χ3v) is 3.13. The summed E-state index contributed by atoms with van der Waals surface area (Å²) in [6.45, 7) is 2.95. The summed E-state index contributed by atoms with van der Waals surface area (Å²) in [5.41, 5.74) is -0.457. The van der Waals surface area contributed by atoms with Crippen molar-refractivity contribution in [1.82, 2.24) is 16.0 Å². The van der Waals surface area contributed by atoms with Crippen LogP contribution in [0.2, 0.25) is 0 Å². The van der Waals surface area contributed by atoms with Crippen LogP contribution in [0.25, 0.3) is 0 Å². The van der Waals surface area contributed by atoms with Gasteiger partial charge in [-0.2, -0.15) is 0 Å². The second-order valence-corrected chi connectivity index (χ2v) is 4.65. The van der Waals surface area contributed by atoms with E-state index < -0.39 is 23.5 Å². The van der Waals surface area contributed by atoms with Crippen molar-refractivity contribution >= 4 is 17.8 Å². The van der Waals surface area contributed by atoms with Crippen molar-refractivity contribution in [1.29, 1.82) is 0 Å². The molecule has 0 spiro atoms. The molecule has 1 aliphatic rings. The van der Waals surface area contributed by atoms with E-state index in [4.69, 9.17) is 0 Å². The lowest BCUT2D eigenvalue weighted by molar-refractivity contribution is -0.126. The molecule has 4 amide bonds. The van der Waals surface area contributed by atoms with Crippen LogP contribution in [-0.4, -0.2) is 23.4 Å². The van der Waals surface area contributed by atoms with E-state index in [9.17, 15) is 14.4 Å². The predicted octanol–water partition coefficient (Wildman–Crippen LogP) is 0.462.